The Hall–Kier alpha value is -2.84. The van der Waals surface area contributed by atoms with Gasteiger partial charge >= 0.3 is 18.1 Å². The standard InChI is InChI=1S/C9H8F3NO.C4H4O4/c1-5-4-6(9(10,11)12)2-3-7(5)8(13)14;5-3(6)1-2-4(7)8/h2-4H,1H3,(H2,13,14);1-2H,(H,5,6)(H,7,8). The number of benzene rings is 1. The molecular formula is C13H12F3NO5. The number of hydrogen-bond acceptors (Lipinski definition) is 3. The largest absolute Gasteiger partial charge is 0.478 e. The van der Waals surface area contributed by atoms with Crippen molar-refractivity contribution in [1.82, 2.24) is 0 Å². The predicted molar refractivity (Wildman–Crippen MR) is 69.1 cm³/mol. The van der Waals surface area contributed by atoms with Crippen LogP contribution in [0.25, 0.3) is 0 Å². The third-order valence-electron chi connectivity index (χ3n) is 2.19. The molecule has 0 spiro atoms. The Kier molecular flexibility index (Phi) is 6.81. The summed E-state index contributed by atoms with van der Waals surface area (Å²) < 4.78 is 36.6. The summed E-state index contributed by atoms with van der Waals surface area (Å²) in [6.45, 7) is 1.41. The minimum absolute atomic E-state index is 0.109. The predicted octanol–water partition coefficient (Wildman–Crippen LogP) is 1.82. The summed E-state index contributed by atoms with van der Waals surface area (Å²) in [6, 6.07) is 2.83. The molecule has 1 aromatic rings. The van der Waals surface area contributed by atoms with Crippen LogP contribution in [0.1, 0.15) is 21.5 Å². The van der Waals surface area contributed by atoms with Crippen molar-refractivity contribution in [2.45, 2.75) is 13.1 Å². The fourth-order valence-electron chi connectivity index (χ4n) is 1.26. The van der Waals surface area contributed by atoms with Crippen molar-refractivity contribution in [2.75, 3.05) is 0 Å². The molecule has 0 heterocycles. The average Bonchev–Trinajstić information content (AvgIpc) is 2.35. The van der Waals surface area contributed by atoms with E-state index in [4.69, 9.17) is 15.9 Å². The van der Waals surface area contributed by atoms with Crippen LogP contribution in [0.15, 0.2) is 30.4 Å². The molecule has 0 atom stereocenters. The number of halogens is 3. The molecule has 22 heavy (non-hydrogen) atoms. The number of amides is 1. The fraction of sp³-hybridized carbons (Fsp3) is 0.154. The number of primary amides is 1. The number of carbonyl (C=O) groups excluding carboxylic acids is 1. The molecule has 0 aromatic heterocycles. The first-order valence-corrected chi connectivity index (χ1v) is 5.56. The molecule has 1 aromatic carbocycles. The Morgan fingerprint density at radius 1 is 1.09 bits per heavy atom. The van der Waals surface area contributed by atoms with Crippen molar-refractivity contribution >= 4 is 17.8 Å². The number of rotatable bonds is 3. The first-order valence-electron chi connectivity index (χ1n) is 5.56. The minimum Gasteiger partial charge on any atom is -0.478 e. The maximum atomic E-state index is 12.2. The molecule has 6 nitrogen and oxygen atoms in total. The van der Waals surface area contributed by atoms with Crippen molar-refractivity contribution in [3.63, 3.8) is 0 Å². The fourth-order valence-corrected chi connectivity index (χ4v) is 1.26. The quantitative estimate of drug-likeness (QED) is 0.735. The number of nitrogens with two attached hydrogens (primary N) is 1. The summed E-state index contributed by atoms with van der Waals surface area (Å²) in [6.07, 6.45) is -3.27. The van der Waals surface area contributed by atoms with E-state index in [1.54, 1.807) is 0 Å². The van der Waals surface area contributed by atoms with Gasteiger partial charge in [-0.2, -0.15) is 13.2 Å². The Balaban J connectivity index is 0.000000472. The molecule has 0 unspecified atom stereocenters. The highest BCUT2D eigenvalue weighted by molar-refractivity contribution is 5.94. The van der Waals surface area contributed by atoms with E-state index < -0.39 is 29.6 Å². The SMILES string of the molecule is Cc1cc(C(F)(F)F)ccc1C(N)=O.O=C(O)C=CC(=O)O. The number of alkyl halides is 3. The van der Waals surface area contributed by atoms with Crippen LogP contribution in [-0.2, 0) is 15.8 Å². The summed E-state index contributed by atoms with van der Waals surface area (Å²) in [7, 11) is 0. The van der Waals surface area contributed by atoms with Crippen LogP contribution < -0.4 is 5.73 Å². The van der Waals surface area contributed by atoms with E-state index in [1.807, 2.05) is 0 Å². The molecule has 1 amide bonds. The Morgan fingerprint density at radius 3 is 1.82 bits per heavy atom. The van der Waals surface area contributed by atoms with Crippen molar-refractivity contribution in [2.24, 2.45) is 5.73 Å². The number of aliphatic carboxylic acids is 2. The van der Waals surface area contributed by atoms with Gasteiger partial charge in [0, 0.05) is 17.7 Å². The second-order valence-electron chi connectivity index (χ2n) is 3.90. The van der Waals surface area contributed by atoms with E-state index in [2.05, 4.69) is 0 Å². The number of carbonyl (C=O) groups is 3. The molecule has 0 bridgehead atoms. The smallest absolute Gasteiger partial charge is 0.416 e. The Labute approximate surface area is 122 Å². The monoisotopic (exact) mass is 319 g/mol. The first-order chi connectivity index (χ1) is 9.95. The molecule has 0 radical (unpaired) electrons. The highest BCUT2D eigenvalue weighted by Gasteiger charge is 2.30. The molecule has 0 saturated heterocycles. The molecule has 0 aliphatic carbocycles. The van der Waals surface area contributed by atoms with E-state index >= 15 is 0 Å². The maximum absolute atomic E-state index is 12.2. The van der Waals surface area contributed by atoms with Gasteiger partial charge in [-0.25, -0.2) is 9.59 Å². The summed E-state index contributed by atoms with van der Waals surface area (Å²) >= 11 is 0. The second kappa shape index (κ2) is 7.81. The van der Waals surface area contributed by atoms with Crippen LogP contribution in [0.2, 0.25) is 0 Å². The first kappa shape index (κ1) is 19.2. The van der Waals surface area contributed by atoms with Gasteiger partial charge < -0.3 is 15.9 Å². The minimum atomic E-state index is -4.39. The molecule has 9 heteroatoms. The highest BCUT2D eigenvalue weighted by Crippen LogP contribution is 2.30. The summed E-state index contributed by atoms with van der Waals surface area (Å²) in [5.74, 6) is -3.24. The van der Waals surface area contributed by atoms with Crippen LogP contribution in [0.4, 0.5) is 13.2 Å². The normalized spacial score (nSPS) is 10.7. The van der Waals surface area contributed by atoms with E-state index in [9.17, 15) is 27.6 Å². The zero-order chi connectivity index (χ0) is 17.5. The van der Waals surface area contributed by atoms with Crippen molar-refractivity contribution in [1.29, 1.82) is 0 Å². The van der Waals surface area contributed by atoms with Crippen molar-refractivity contribution in [3.8, 4) is 0 Å². The van der Waals surface area contributed by atoms with Crippen LogP contribution in [0.3, 0.4) is 0 Å². The third kappa shape index (κ3) is 7.08. The third-order valence-corrected chi connectivity index (χ3v) is 2.19. The van der Waals surface area contributed by atoms with E-state index in [-0.39, 0.29) is 11.1 Å². The van der Waals surface area contributed by atoms with Gasteiger partial charge in [0.15, 0.2) is 0 Å². The van der Waals surface area contributed by atoms with Gasteiger partial charge in [-0.15, -0.1) is 0 Å². The van der Waals surface area contributed by atoms with Crippen molar-refractivity contribution < 1.29 is 37.8 Å². The lowest BCUT2D eigenvalue weighted by Crippen LogP contribution is -2.14. The van der Waals surface area contributed by atoms with Gasteiger partial charge in [0.1, 0.15) is 0 Å². The van der Waals surface area contributed by atoms with Crippen molar-refractivity contribution in [3.05, 3.63) is 47.0 Å². The lowest BCUT2D eigenvalue weighted by atomic mass is 10.0. The summed E-state index contributed by atoms with van der Waals surface area (Å²) in [5.41, 5.74) is 4.51. The van der Waals surface area contributed by atoms with Gasteiger partial charge in [0.25, 0.3) is 0 Å². The zero-order valence-corrected chi connectivity index (χ0v) is 11.2. The summed E-state index contributed by atoms with van der Waals surface area (Å²) in [5, 5.41) is 15.6. The molecular weight excluding hydrogens is 307 g/mol. The molecule has 0 fully saturated rings. The molecule has 4 N–H and O–H groups in total. The van der Waals surface area contributed by atoms with Crippen LogP contribution in [0.5, 0.6) is 0 Å². The topological polar surface area (TPSA) is 118 Å². The Bertz CT molecular complexity index is 592. The zero-order valence-electron chi connectivity index (χ0n) is 11.2. The molecule has 1 rings (SSSR count). The number of carboxylic acids is 2. The number of aryl methyl sites for hydroxylation is 1. The molecule has 0 aliphatic rings. The van der Waals surface area contributed by atoms with Crippen LogP contribution in [-0.4, -0.2) is 28.1 Å². The molecule has 120 valence electrons. The number of hydrogen-bond donors (Lipinski definition) is 3. The van der Waals surface area contributed by atoms with E-state index in [1.165, 1.54) is 6.92 Å². The van der Waals surface area contributed by atoms with Gasteiger partial charge in [0.2, 0.25) is 5.91 Å². The summed E-state index contributed by atoms with van der Waals surface area (Å²) in [4.78, 5) is 29.8. The van der Waals surface area contributed by atoms with E-state index in [0.29, 0.717) is 12.2 Å². The second-order valence-corrected chi connectivity index (χ2v) is 3.90. The lowest BCUT2D eigenvalue weighted by molar-refractivity contribution is -0.137. The number of carboxylic acid groups (broad SMARTS) is 2. The van der Waals surface area contributed by atoms with E-state index in [0.717, 1.165) is 18.2 Å². The van der Waals surface area contributed by atoms with Gasteiger partial charge in [-0.1, -0.05) is 0 Å². The van der Waals surface area contributed by atoms with Gasteiger partial charge in [-0.3, -0.25) is 4.79 Å². The van der Waals surface area contributed by atoms with Crippen LogP contribution in [0, 0.1) is 6.92 Å². The lowest BCUT2D eigenvalue weighted by Gasteiger charge is -2.08. The van der Waals surface area contributed by atoms with Gasteiger partial charge in [-0.05, 0) is 30.7 Å². The van der Waals surface area contributed by atoms with Gasteiger partial charge in [0.05, 0.1) is 5.56 Å². The van der Waals surface area contributed by atoms with Crippen LogP contribution >= 0.6 is 0 Å². The highest BCUT2D eigenvalue weighted by atomic mass is 19.4. The average molecular weight is 319 g/mol. The molecule has 0 saturated carbocycles. The Morgan fingerprint density at radius 2 is 1.55 bits per heavy atom. The maximum Gasteiger partial charge on any atom is 0.416 e. The molecule has 0 aliphatic heterocycles.